The Morgan fingerprint density at radius 2 is 2.09 bits per heavy atom. The highest BCUT2D eigenvalue weighted by molar-refractivity contribution is 5.89. The molecule has 5 nitrogen and oxygen atoms in total. The number of carbonyl (C=O) groups excluding carboxylic acids is 1. The van der Waals surface area contributed by atoms with Crippen LogP contribution in [0.3, 0.4) is 0 Å². The second-order valence-electron chi connectivity index (χ2n) is 6.21. The smallest absolute Gasteiger partial charge is 0.303 e. The molecule has 1 fully saturated rings. The van der Waals surface area contributed by atoms with Gasteiger partial charge in [-0.3, -0.25) is 9.59 Å². The first kappa shape index (κ1) is 15.6. The van der Waals surface area contributed by atoms with Crippen LogP contribution in [0, 0.1) is 0 Å². The standard InChI is InChI=1S/C18H22N2O3/c21-17(11-13-12-19-16-7-2-1-6-15(13)16)20-10-4-3-5-14(20)8-9-18(22)23/h1-2,6-7,12,14,19H,3-5,8-11H2,(H,22,23). The number of carbonyl (C=O) groups is 2. The Morgan fingerprint density at radius 1 is 1.26 bits per heavy atom. The lowest BCUT2D eigenvalue weighted by Crippen LogP contribution is -2.44. The molecule has 0 saturated carbocycles. The van der Waals surface area contributed by atoms with Crippen molar-refractivity contribution in [2.75, 3.05) is 6.54 Å². The van der Waals surface area contributed by atoms with Crippen LogP contribution in [0.25, 0.3) is 10.9 Å². The third-order valence-electron chi connectivity index (χ3n) is 4.66. The van der Waals surface area contributed by atoms with Crippen molar-refractivity contribution in [1.29, 1.82) is 0 Å². The summed E-state index contributed by atoms with van der Waals surface area (Å²) in [6.07, 6.45) is 5.93. The molecule has 1 amide bonds. The quantitative estimate of drug-likeness (QED) is 0.891. The number of hydrogen-bond donors (Lipinski definition) is 2. The molecule has 23 heavy (non-hydrogen) atoms. The highest BCUT2D eigenvalue weighted by Gasteiger charge is 2.27. The molecular weight excluding hydrogens is 292 g/mol. The van der Waals surface area contributed by atoms with Crippen molar-refractivity contribution < 1.29 is 14.7 Å². The fourth-order valence-electron chi connectivity index (χ4n) is 3.46. The van der Waals surface area contributed by atoms with E-state index in [-0.39, 0.29) is 18.4 Å². The number of para-hydroxylation sites is 1. The maximum Gasteiger partial charge on any atom is 0.303 e. The van der Waals surface area contributed by atoms with Crippen molar-refractivity contribution in [3.8, 4) is 0 Å². The third-order valence-corrected chi connectivity index (χ3v) is 4.66. The van der Waals surface area contributed by atoms with Crippen LogP contribution in [0.2, 0.25) is 0 Å². The number of rotatable bonds is 5. The van der Waals surface area contributed by atoms with Gasteiger partial charge in [0.05, 0.1) is 6.42 Å². The first-order valence-electron chi connectivity index (χ1n) is 8.21. The molecule has 1 aromatic carbocycles. The van der Waals surface area contributed by atoms with Gasteiger partial charge in [0.25, 0.3) is 0 Å². The van der Waals surface area contributed by atoms with E-state index in [0.29, 0.717) is 12.8 Å². The van der Waals surface area contributed by atoms with Crippen molar-refractivity contribution in [2.45, 2.75) is 44.6 Å². The SMILES string of the molecule is O=C(O)CCC1CCCCN1C(=O)Cc1c[nH]c2ccccc12. The number of aromatic amines is 1. The average molecular weight is 314 g/mol. The number of H-pyrrole nitrogens is 1. The molecular formula is C18H22N2O3. The van der Waals surface area contributed by atoms with E-state index in [0.717, 1.165) is 42.3 Å². The van der Waals surface area contributed by atoms with Crippen LogP contribution in [0.4, 0.5) is 0 Å². The molecule has 1 aromatic heterocycles. The lowest BCUT2D eigenvalue weighted by Gasteiger charge is -2.35. The van der Waals surface area contributed by atoms with Crippen molar-refractivity contribution in [3.63, 3.8) is 0 Å². The molecule has 1 unspecified atom stereocenters. The van der Waals surface area contributed by atoms with E-state index in [1.165, 1.54) is 0 Å². The lowest BCUT2D eigenvalue weighted by molar-refractivity contribution is -0.139. The molecule has 0 radical (unpaired) electrons. The van der Waals surface area contributed by atoms with Gasteiger partial charge in [-0.2, -0.15) is 0 Å². The van der Waals surface area contributed by atoms with Crippen molar-refractivity contribution in [2.24, 2.45) is 0 Å². The summed E-state index contributed by atoms with van der Waals surface area (Å²) in [7, 11) is 0. The number of amides is 1. The van der Waals surface area contributed by atoms with E-state index in [2.05, 4.69) is 4.98 Å². The number of aromatic nitrogens is 1. The van der Waals surface area contributed by atoms with E-state index in [9.17, 15) is 9.59 Å². The zero-order valence-electron chi connectivity index (χ0n) is 13.1. The van der Waals surface area contributed by atoms with E-state index < -0.39 is 5.97 Å². The summed E-state index contributed by atoms with van der Waals surface area (Å²) < 4.78 is 0. The minimum absolute atomic E-state index is 0.0672. The summed E-state index contributed by atoms with van der Waals surface area (Å²) in [6.45, 7) is 0.742. The first-order chi connectivity index (χ1) is 11.1. The van der Waals surface area contributed by atoms with Crippen molar-refractivity contribution in [3.05, 3.63) is 36.0 Å². The number of hydrogen-bond acceptors (Lipinski definition) is 2. The Labute approximate surface area is 135 Å². The lowest BCUT2D eigenvalue weighted by atomic mass is 9.97. The molecule has 0 bridgehead atoms. The van der Waals surface area contributed by atoms with E-state index in [1.54, 1.807) is 0 Å². The predicted octanol–water partition coefficient (Wildman–Crippen LogP) is 2.96. The summed E-state index contributed by atoms with van der Waals surface area (Å²) in [6, 6.07) is 8.03. The summed E-state index contributed by atoms with van der Waals surface area (Å²) in [5.41, 5.74) is 2.05. The van der Waals surface area contributed by atoms with Crippen molar-refractivity contribution >= 4 is 22.8 Å². The fourth-order valence-corrected chi connectivity index (χ4v) is 3.46. The van der Waals surface area contributed by atoms with Crippen LogP contribution >= 0.6 is 0 Å². The number of carboxylic acid groups (broad SMARTS) is 1. The number of nitrogens with one attached hydrogen (secondary N) is 1. The predicted molar refractivity (Wildman–Crippen MR) is 88.2 cm³/mol. The van der Waals surface area contributed by atoms with Gasteiger partial charge in [-0.25, -0.2) is 0 Å². The Balaban J connectivity index is 1.71. The molecule has 2 N–H and O–H groups in total. The largest absolute Gasteiger partial charge is 0.481 e. The Morgan fingerprint density at radius 3 is 2.91 bits per heavy atom. The summed E-state index contributed by atoms with van der Waals surface area (Å²) in [5.74, 6) is -0.690. The zero-order chi connectivity index (χ0) is 16.2. The molecule has 1 aliphatic rings. The van der Waals surface area contributed by atoms with E-state index in [4.69, 9.17) is 5.11 Å². The fraction of sp³-hybridized carbons (Fsp3) is 0.444. The van der Waals surface area contributed by atoms with Gasteiger partial charge in [0.2, 0.25) is 5.91 Å². The van der Waals surface area contributed by atoms with Crippen LogP contribution in [0.15, 0.2) is 30.5 Å². The number of likely N-dealkylation sites (tertiary alicyclic amines) is 1. The highest BCUT2D eigenvalue weighted by Crippen LogP contribution is 2.24. The van der Waals surface area contributed by atoms with Crippen LogP contribution in [-0.4, -0.2) is 39.5 Å². The maximum atomic E-state index is 12.7. The molecule has 5 heteroatoms. The molecule has 2 aromatic rings. The summed E-state index contributed by atoms with van der Waals surface area (Å²) in [4.78, 5) is 28.6. The first-order valence-corrected chi connectivity index (χ1v) is 8.21. The second-order valence-corrected chi connectivity index (χ2v) is 6.21. The molecule has 122 valence electrons. The number of nitrogens with zero attached hydrogens (tertiary/aromatic N) is 1. The number of piperidine rings is 1. The normalized spacial score (nSPS) is 18.3. The van der Waals surface area contributed by atoms with Crippen LogP contribution in [0.5, 0.6) is 0 Å². The number of benzene rings is 1. The summed E-state index contributed by atoms with van der Waals surface area (Å²) >= 11 is 0. The highest BCUT2D eigenvalue weighted by atomic mass is 16.4. The molecule has 2 heterocycles. The molecule has 1 aliphatic heterocycles. The van der Waals surface area contributed by atoms with Crippen LogP contribution < -0.4 is 0 Å². The topological polar surface area (TPSA) is 73.4 Å². The molecule has 1 saturated heterocycles. The van der Waals surface area contributed by atoms with Gasteiger partial charge < -0.3 is 15.0 Å². The van der Waals surface area contributed by atoms with Gasteiger partial charge in [-0.15, -0.1) is 0 Å². The van der Waals surface area contributed by atoms with E-state index >= 15 is 0 Å². The Hall–Kier alpha value is -2.30. The van der Waals surface area contributed by atoms with Crippen molar-refractivity contribution in [1.82, 2.24) is 9.88 Å². The minimum Gasteiger partial charge on any atom is -0.481 e. The van der Waals surface area contributed by atoms with Crippen LogP contribution in [-0.2, 0) is 16.0 Å². The number of carboxylic acids is 1. The number of fused-ring (bicyclic) bond motifs is 1. The molecule has 0 spiro atoms. The van der Waals surface area contributed by atoms with Gasteiger partial charge in [0, 0.05) is 36.1 Å². The Kier molecular flexibility index (Phi) is 4.65. The van der Waals surface area contributed by atoms with Crippen LogP contribution in [0.1, 0.15) is 37.7 Å². The minimum atomic E-state index is -0.792. The monoisotopic (exact) mass is 314 g/mol. The maximum absolute atomic E-state index is 12.7. The number of aliphatic carboxylic acids is 1. The van der Waals surface area contributed by atoms with Gasteiger partial charge in [0.1, 0.15) is 0 Å². The van der Waals surface area contributed by atoms with E-state index in [1.807, 2.05) is 35.4 Å². The molecule has 1 atom stereocenters. The zero-order valence-corrected chi connectivity index (χ0v) is 13.1. The van der Waals surface area contributed by atoms with Gasteiger partial charge in [0.15, 0.2) is 0 Å². The van der Waals surface area contributed by atoms with Gasteiger partial charge in [-0.1, -0.05) is 18.2 Å². The van der Waals surface area contributed by atoms with Gasteiger partial charge >= 0.3 is 5.97 Å². The molecule has 3 rings (SSSR count). The third kappa shape index (κ3) is 3.55. The Bertz CT molecular complexity index is 707. The second kappa shape index (κ2) is 6.86. The summed E-state index contributed by atoms with van der Waals surface area (Å²) in [5, 5.41) is 9.97. The average Bonchev–Trinajstić information content (AvgIpc) is 2.96. The molecule has 0 aliphatic carbocycles. The van der Waals surface area contributed by atoms with Gasteiger partial charge in [-0.05, 0) is 37.3 Å².